The Kier molecular flexibility index (Phi) is 12.2. The van der Waals surface area contributed by atoms with E-state index in [2.05, 4.69) is 10.6 Å². The van der Waals surface area contributed by atoms with Crippen LogP contribution in [0.2, 0.25) is 0 Å². The van der Waals surface area contributed by atoms with Crippen molar-refractivity contribution in [1.29, 1.82) is 0 Å². The van der Waals surface area contributed by atoms with E-state index >= 15 is 0 Å². The molecule has 0 aliphatic rings. The fourth-order valence-corrected chi connectivity index (χ4v) is 4.46. The van der Waals surface area contributed by atoms with Crippen LogP contribution in [-0.2, 0) is 27.4 Å². The van der Waals surface area contributed by atoms with Crippen LogP contribution in [0.25, 0.3) is 0 Å². The van der Waals surface area contributed by atoms with Crippen LogP contribution >= 0.6 is 0 Å². The number of esters is 1. The van der Waals surface area contributed by atoms with Crippen LogP contribution < -0.4 is 24.8 Å². The summed E-state index contributed by atoms with van der Waals surface area (Å²) in [6, 6.07) is 20.1. The summed E-state index contributed by atoms with van der Waals surface area (Å²) < 4.78 is 22.1. The van der Waals surface area contributed by atoms with Crippen molar-refractivity contribution in [3.63, 3.8) is 0 Å². The molecule has 0 bridgehead atoms. The molecule has 0 saturated heterocycles. The third kappa shape index (κ3) is 10.6. The smallest absolute Gasteiger partial charge is 0.329 e. The molecule has 9 heteroatoms. The molecule has 0 unspecified atom stereocenters. The number of ether oxygens (including phenoxy) is 4. The molecule has 0 aliphatic carbocycles. The number of carbonyl (C=O) groups is 3. The SMILES string of the molecule is COc1ccc(C(=O)N[C@@H](CC(C)C)C(=O)N[C@@H](Cc2ccc(OCc3ccccc3)cc2)C(=O)OC(C)(C)C)cc1OC. The van der Waals surface area contributed by atoms with Crippen molar-refractivity contribution in [3.05, 3.63) is 89.5 Å². The molecule has 0 aliphatic heterocycles. The number of rotatable bonds is 14. The zero-order chi connectivity index (χ0) is 32.3. The molecule has 0 fully saturated rings. The first kappa shape index (κ1) is 34.0. The standard InChI is InChI=1S/C35H44N2O7/c1-23(2)19-28(36-32(38)26-15-18-30(41-6)31(21-26)42-7)33(39)37-29(34(40)44-35(3,4)5)20-24-13-16-27(17-14-24)43-22-25-11-9-8-10-12-25/h8-18,21,23,28-29H,19-20,22H2,1-7H3,(H,36,38)(H,37,39)/t28-,29-/m0/s1. The molecule has 0 heterocycles. The third-order valence-corrected chi connectivity index (χ3v) is 6.59. The van der Waals surface area contributed by atoms with E-state index in [0.717, 1.165) is 11.1 Å². The molecule has 0 spiro atoms. The van der Waals surface area contributed by atoms with Crippen LogP contribution in [0.5, 0.6) is 17.2 Å². The van der Waals surface area contributed by atoms with Gasteiger partial charge in [0.05, 0.1) is 14.2 Å². The third-order valence-electron chi connectivity index (χ3n) is 6.59. The normalized spacial score (nSPS) is 12.5. The van der Waals surface area contributed by atoms with E-state index in [4.69, 9.17) is 18.9 Å². The highest BCUT2D eigenvalue weighted by Crippen LogP contribution is 2.27. The minimum absolute atomic E-state index is 0.0832. The first-order valence-corrected chi connectivity index (χ1v) is 14.7. The number of amides is 2. The summed E-state index contributed by atoms with van der Waals surface area (Å²) in [5, 5.41) is 5.68. The fourth-order valence-electron chi connectivity index (χ4n) is 4.46. The monoisotopic (exact) mass is 604 g/mol. The van der Waals surface area contributed by atoms with Crippen molar-refractivity contribution in [1.82, 2.24) is 10.6 Å². The van der Waals surface area contributed by atoms with Crippen LogP contribution in [0.15, 0.2) is 72.8 Å². The van der Waals surface area contributed by atoms with Gasteiger partial charge in [-0.3, -0.25) is 9.59 Å². The molecule has 3 aromatic rings. The Morgan fingerprint density at radius 3 is 2.02 bits per heavy atom. The molecule has 3 aromatic carbocycles. The molecule has 2 amide bonds. The van der Waals surface area contributed by atoms with E-state index in [0.29, 0.717) is 35.8 Å². The van der Waals surface area contributed by atoms with E-state index in [1.807, 2.05) is 68.4 Å². The van der Waals surface area contributed by atoms with Crippen molar-refractivity contribution in [2.24, 2.45) is 5.92 Å². The second-order valence-corrected chi connectivity index (χ2v) is 11.9. The Labute approximate surface area is 260 Å². The van der Waals surface area contributed by atoms with Gasteiger partial charge in [-0.15, -0.1) is 0 Å². The van der Waals surface area contributed by atoms with Gasteiger partial charge in [0.15, 0.2) is 11.5 Å². The second-order valence-electron chi connectivity index (χ2n) is 11.9. The molecule has 2 N–H and O–H groups in total. The maximum absolute atomic E-state index is 13.6. The van der Waals surface area contributed by atoms with Gasteiger partial charge in [0.2, 0.25) is 5.91 Å². The summed E-state index contributed by atoms with van der Waals surface area (Å²) in [6.45, 7) is 9.66. The Hall–Kier alpha value is -4.53. The molecule has 236 valence electrons. The molecule has 3 rings (SSSR count). The predicted molar refractivity (Wildman–Crippen MR) is 169 cm³/mol. The van der Waals surface area contributed by atoms with Crippen LogP contribution in [-0.4, -0.2) is 49.7 Å². The maximum Gasteiger partial charge on any atom is 0.329 e. The zero-order valence-electron chi connectivity index (χ0n) is 26.6. The largest absolute Gasteiger partial charge is 0.493 e. The van der Waals surface area contributed by atoms with Gasteiger partial charge in [0.25, 0.3) is 5.91 Å². The minimum atomic E-state index is -0.981. The van der Waals surface area contributed by atoms with Gasteiger partial charge in [-0.1, -0.05) is 56.3 Å². The van der Waals surface area contributed by atoms with Crippen molar-refractivity contribution < 1.29 is 33.3 Å². The van der Waals surface area contributed by atoms with Crippen LogP contribution in [0.3, 0.4) is 0 Å². The van der Waals surface area contributed by atoms with Crippen LogP contribution in [0, 0.1) is 5.92 Å². The molecule has 2 atom stereocenters. The van der Waals surface area contributed by atoms with Gasteiger partial charge in [-0.25, -0.2) is 4.79 Å². The first-order chi connectivity index (χ1) is 20.9. The lowest BCUT2D eigenvalue weighted by molar-refractivity contribution is -0.158. The van der Waals surface area contributed by atoms with Gasteiger partial charge in [0.1, 0.15) is 30.0 Å². The van der Waals surface area contributed by atoms with E-state index in [9.17, 15) is 14.4 Å². The quantitative estimate of drug-likeness (QED) is 0.234. The van der Waals surface area contributed by atoms with E-state index in [1.54, 1.807) is 39.0 Å². The van der Waals surface area contributed by atoms with E-state index in [-0.39, 0.29) is 12.3 Å². The van der Waals surface area contributed by atoms with Gasteiger partial charge in [-0.05, 0) is 74.6 Å². The fraction of sp³-hybridized carbons (Fsp3) is 0.400. The topological polar surface area (TPSA) is 112 Å². The van der Waals surface area contributed by atoms with Gasteiger partial charge >= 0.3 is 5.97 Å². The molecule has 9 nitrogen and oxygen atoms in total. The van der Waals surface area contributed by atoms with Crippen LogP contribution in [0.1, 0.15) is 62.5 Å². The van der Waals surface area contributed by atoms with Gasteiger partial charge in [0, 0.05) is 12.0 Å². The Balaban J connectivity index is 1.76. The number of hydrogen-bond donors (Lipinski definition) is 2. The highest BCUT2D eigenvalue weighted by atomic mass is 16.6. The maximum atomic E-state index is 13.6. The average molecular weight is 605 g/mol. The minimum Gasteiger partial charge on any atom is -0.493 e. The predicted octanol–water partition coefficient (Wildman–Crippen LogP) is 5.50. The summed E-state index contributed by atoms with van der Waals surface area (Å²) in [5.41, 5.74) is 1.41. The Morgan fingerprint density at radius 2 is 1.43 bits per heavy atom. The molecule has 0 aromatic heterocycles. The lowest BCUT2D eigenvalue weighted by atomic mass is 10.0. The lowest BCUT2D eigenvalue weighted by Crippen LogP contribution is -2.53. The Bertz CT molecular complexity index is 1380. The zero-order valence-corrected chi connectivity index (χ0v) is 26.6. The second kappa shape index (κ2) is 15.8. The summed E-state index contributed by atoms with van der Waals surface area (Å²) in [7, 11) is 2.99. The summed E-state index contributed by atoms with van der Waals surface area (Å²) in [6.07, 6.45) is 0.553. The molecule has 0 saturated carbocycles. The summed E-state index contributed by atoms with van der Waals surface area (Å²) >= 11 is 0. The number of nitrogens with one attached hydrogen (secondary N) is 2. The first-order valence-electron chi connectivity index (χ1n) is 14.7. The van der Waals surface area contributed by atoms with Crippen molar-refractivity contribution in [2.75, 3.05) is 14.2 Å². The van der Waals surface area contributed by atoms with Gasteiger partial charge < -0.3 is 29.6 Å². The summed E-state index contributed by atoms with van der Waals surface area (Å²) in [5.74, 6) is 0.149. The Morgan fingerprint density at radius 1 is 0.773 bits per heavy atom. The van der Waals surface area contributed by atoms with Crippen molar-refractivity contribution >= 4 is 17.8 Å². The van der Waals surface area contributed by atoms with Crippen molar-refractivity contribution in [2.45, 2.75) is 71.8 Å². The van der Waals surface area contributed by atoms with Gasteiger partial charge in [-0.2, -0.15) is 0 Å². The van der Waals surface area contributed by atoms with E-state index in [1.165, 1.54) is 14.2 Å². The van der Waals surface area contributed by atoms with Crippen LogP contribution in [0.4, 0.5) is 0 Å². The average Bonchev–Trinajstić information content (AvgIpc) is 2.99. The number of hydrogen-bond acceptors (Lipinski definition) is 7. The molecular weight excluding hydrogens is 560 g/mol. The number of benzene rings is 3. The van der Waals surface area contributed by atoms with Crippen molar-refractivity contribution in [3.8, 4) is 17.2 Å². The highest BCUT2D eigenvalue weighted by molar-refractivity contribution is 5.98. The molecule has 0 radical (unpaired) electrons. The molecule has 44 heavy (non-hydrogen) atoms. The molecular formula is C35H44N2O7. The highest BCUT2D eigenvalue weighted by Gasteiger charge is 2.31. The lowest BCUT2D eigenvalue weighted by Gasteiger charge is -2.27. The number of methoxy groups -OCH3 is 2. The van der Waals surface area contributed by atoms with E-state index < -0.39 is 35.5 Å². The summed E-state index contributed by atoms with van der Waals surface area (Å²) in [4.78, 5) is 40.1. The number of carbonyl (C=O) groups excluding carboxylic acids is 3.